The first-order valence-corrected chi connectivity index (χ1v) is 15.7. The number of carbonyl (C=O) groups excluding carboxylic acids is 3. The van der Waals surface area contributed by atoms with Gasteiger partial charge in [0.1, 0.15) is 22.7 Å². The third-order valence-corrected chi connectivity index (χ3v) is 7.21. The predicted octanol–water partition coefficient (Wildman–Crippen LogP) is 6.63. The number of aliphatic carboxylic acids is 1. The van der Waals surface area contributed by atoms with Gasteiger partial charge in [0.25, 0.3) is 11.8 Å². The zero-order chi connectivity index (χ0) is 31.7. The Kier molecular flexibility index (Phi) is 19.5. The summed E-state index contributed by atoms with van der Waals surface area (Å²) in [5.74, 6) is -3.25. The number of nitrogens with one attached hydrogen (secondary N) is 4. The summed E-state index contributed by atoms with van der Waals surface area (Å²) in [6, 6.07) is 8.13. The molecule has 0 heterocycles. The molecule has 2 fully saturated rings. The molecule has 254 valence electrons. The highest BCUT2D eigenvalue weighted by Crippen LogP contribution is 2.38. The lowest BCUT2D eigenvalue weighted by Gasteiger charge is -2.39. The number of halogens is 6. The van der Waals surface area contributed by atoms with Gasteiger partial charge in [-0.1, -0.05) is 14.9 Å². The van der Waals surface area contributed by atoms with E-state index in [0.29, 0.717) is 37.1 Å². The van der Waals surface area contributed by atoms with Crippen LogP contribution in [-0.2, 0) is 18.8 Å². The molecule has 2 aromatic rings. The summed E-state index contributed by atoms with van der Waals surface area (Å²) in [4.78, 5) is 45.3. The van der Waals surface area contributed by atoms with Crippen molar-refractivity contribution in [1.82, 2.24) is 10.6 Å². The van der Waals surface area contributed by atoms with Crippen LogP contribution in [0.2, 0.25) is 0 Å². The molecule has 0 radical (unpaired) electrons. The number of amides is 2. The fourth-order valence-corrected chi connectivity index (χ4v) is 4.44. The molecule has 0 unspecified atom stereocenters. The van der Waals surface area contributed by atoms with E-state index in [2.05, 4.69) is 42.6 Å². The number of anilines is 2. The molecule has 0 bridgehead atoms. The zero-order valence-corrected chi connectivity index (χ0v) is 26.8. The molecule has 0 saturated heterocycles. The van der Waals surface area contributed by atoms with Crippen LogP contribution in [0.25, 0.3) is 0 Å². The fourth-order valence-electron chi connectivity index (χ4n) is 4.20. The Hall–Kier alpha value is -2.71. The number of hydrogen-bond acceptors (Lipinski definition) is 7. The number of carboxylic acid groups (broad SMARTS) is 1. The highest BCUT2D eigenvalue weighted by Gasteiger charge is 2.44. The summed E-state index contributed by atoms with van der Waals surface area (Å²) in [6.45, 7) is 0. The van der Waals surface area contributed by atoms with Gasteiger partial charge in [-0.2, -0.15) is 0 Å². The van der Waals surface area contributed by atoms with E-state index in [1.807, 2.05) is 0 Å². The lowest BCUT2D eigenvalue weighted by molar-refractivity contribution is -0.145. The molecule has 0 aromatic heterocycles. The van der Waals surface area contributed by atoms with Crippen LogP contribution in [0, 0.1) is 11.6 Å². The predicted molar refractivity (Wildman–Crippen MR) is 179 cm³/mol. The van der Waals surface area contributed by atoms with Gasteiger partial charge in [0.2, 0.25) is 14.5 Å². The second-order valence-electron chi connectivity index (χ2n) is 9.43. The number of rotatable bonds is 8. The maximum Gasteiger partial charge on any atom is 0.329 e. The first-order valence-electron chi connectivity index (χ1n) is 12.5. The molecular weight excluding hydrogens is 700 g/mol. The SMILES string of the molecule is C.C.CNC(=O)c1ccc(NC2(C(=O)Cl)CCC2)cc1F.CNC(=O)c1ccc(NC2(C(=O)O)CCC2)cc1F.Cl.O=S(Cl)Cl. The first kappa shape index (κ1) is 44.4. The van der Waals surface area contributed by atoms with Crippen molar-refractivity contribution in [3.05, 3.63) is 59.2 Å². The minimum atomic E-state index is -1.67. The molecule has 2 aliphatic carbocycles. The van der Waals surface area contributed by atoms with Gasteiger partial charge in [-0.3, -0.25) is 14.4 Å². The fraction of sp³-hybridized carbons (Fsp3) is 0.429. The van der Waals surface area contributed by atoms with Crippen molar-refractivity contribution in [2.24, 2.45) is 0 Å². The van der Waals surface area contributed by atoms with Crippen molar-refractivity contribution < 1.29 is 37.3 Å². The smallest absolute Gasteiger partial charge is 0.329 e. The van der Waals surface area contributed by atoms with Crippen LogP contribution in [0.5, 0.6) is 0 Å². The van der Waals surface area contributed by atoms with E-state index < -0.39 is 55.0 Å². The van der Waals surface area contributed by atoms with E-state index >= 15 is 0 Å². The van der Waals surface area contributed by atoms with Gasteiger partial charge in [-0.15, -0.1) is 12.4 Å². The molecule has 5 N–H and O–H groups in total. The number of hydrogen-bond donors (Lipinski definition) is 5. The van der Waals surface area contributed by atoms with E-state index in [4.69, 9.17) is 15.8 Å². The summed E-state index contributed by atoms with van der Waals surface area (Å²) in [7, 11) is 10.2. The second-order valence-corrected chi connectivity index (χ2v) is 12.3. The summed E-state index contributed by atoms with van der Waals surface area (Å²) < 4.78 is 36.6. The van der Waals surface area contributed by atoms with Gasteiger partial charge in [0.15, 0.2) is 0 Å². The number of benzene rings is 2. The number of carboxylic acids is 1. The van der Waals surface area contributed by atoms with Crippen molar-refractivity contribution in [3.8, 4) is 0 Å². The Bertz CT molecular complexity index is 1260. The normalized spacial score (nSPS) is 14.6. The second kappa shape index (κ2) is 19.7. The van der Waals surface area contributed by atoms with Gasteiger partial charge in [0, 0.05) is 46.8 Å². The molecule has 0 spiro atoms. The lowest BCUT2D eigenvalue weighted by atomic mass is 9.76. The summed E-state index contributed by atoms with van der Waals surface area (Å²) in [5, 5.41) is 19.2. The standard InChI is InChI=1S/C13H14ClFN2O2.C13H15FN2O3.2CH4.Cl2OS.ClH/c1-16-11(18)9-4-3-8(7-10(9)15)17-13(12(14)19)5-2-6-13;1-15-11(17)9-4-3-8(7-10(9)14)16-13(12(18)19)5-2-6-13;;;1-4(2)3;/h3-4,7,17H,2,5-6H2,1H3,(H,16,18);3-4,7,16H,2,5-6H2,1H3,(H,15,17)(H,18,19);2*1H4;;1H. The van der Waals surface area contributed by atoms with Crippen molar-refractivity contribution in [1.29, 1.82) is 0 Å². The van der Waals surface area contributed by atoms with Gasteiger partial charge < -0.3 is 26.4 Å². The Labute approximate surface area is 284 Å². The summed E-state index contributed by atoms with van der Waals surface area (Å²) in [6.07, 6.45) is 4.03. The topological polar surface area (TPSA) is 154 Å². The summed E-state index contributed by atoms with van der Waals surface area (Å²) in [5.41, 5.74) is -1.08. The highest BCUT2D eigenvalue weighted by atomic mass is 36.0. The Morgan fingerprint density at radius 2 is 1.11 bits per heavy atom. The molecule has 2 aromatic carbocycles. The maximum absolute atomic E-state index is 13.8. The van der Waals surface area contributed by atoms with Crippen LogP contribution in [-0.4, -0.2) is 57.5 Å². The Balaban J connectivity index is 0. The van der Waals surface area contributed by atoms with Gasteiger partial charge >= 0.3 is 5.97 Å². The highest BCUT2D eigenvalue weighted by molar-refractivity contribution is 8.26. The monoisotopic (exact) mass is 736 g/mol. The largest absolute Gasteiger partial charge is 0.480 e. The van der Waals surface area contributed by atoms with Gasteiger partial charge in [-0.05, 0) is 86.5 Å². The third-order valence-electron chi connectivity index (χ3n) is 6.85. The quantitative estimate of drug-likeness (QED) is 0.189. The van der Waals surface area contributed by atoms with E-state index in [1.165, 1.54) is 38.4 Å². The van der Waals surface area contributed by atoms with E-state index in [1.54, 1.807) is 6.07 Å². The van der Waals surface area contributed by atoms with Crippen molar-refractivity contribution in [2.75, 3.05) is 24.7 Å². The Morgan fingerprint density at radius 3 is 1.33 bits per heavy atom. The first-order chi connectivity index (χ1) is 19.7. The van der Waals surface area contributed by atoms with Crippen LogP contribution in [0.1, 0.15) is 74.1 Å². The van der Waals surface area contributed by atoms with Crippen molar-refractivity contribution in [3.63, 3.8) is 0 Å². The van der Waals surface area contributed by atoms with Gasteiger partial charge in [0.05, 0.1) is 11.1 Å². The van der Waals surface area contributed by atoms with Crippen LogP contribution < -0.4 is 21.3 Å². The van der Waals surface area contributed by atoms with Crippen LogP contribution >= 0.6 is 45.4 Å². The van der Waals surface area contributed by atoms with Gasteiger partial charge in [-0.25, -0.2) is 17.8 Å². The average Bonchev–Trinajstić information content (AvgIpc) is 2.87. The third kappa shape index (κ3) is 11.9. The summed E-state index contributed by atoms with van der Waals surface area (Å²) >= 11 is 5.57. The average molecular weight is 739 g/mol. The molecule has 2 aliphatic rings. The van der Waals surface area contributed by atoms with Crippen molar-refractivity contribution in [2.45, 2.75) is 64.5 Å². The lowest BCUT2D eigenvalue weighted by Crippen LogP contribution is -2.52. The van der Waals surface area contributed by atoms with Crippen molar-refractivity contribution >= 4 is 89.0 Å². The van der Waals surface area contributed by atoms with E-state index in [9.17, 15) is 33.1 Å². The minimum Gasteiger partial charge on any atom is -0.480 e. The minimum absolute atomic E-state index is 0. The molecule has 0 atom stereocenters. The molecule has 0 aliphatic heterocycles. The number of carbonyl (C=O) groups is 4. The molecule has 45 heavy (non-hydrogen) atoms. The van der Waals surface area contributed by atoms with E-state index in [0.717, 1.165) is 18.9 Å². The van der Waals surface area contributed by atoms with Crippen LogP contribution in [0.3, 0.4) is 0 Å². The Morgan fingerprint density at radius 1 is 0.778 bits per heavy atom. The maximum atomic E-state index is 13.8. The molecule has 2 saturated carbocycles. The van der Waals surface area contributed by atoms with Crippen LogP contribution in [0.4, 0.5) is 20.2 Å². The molecule has 10 nitrogen and oxygen atoms in total. The molecular formula is C28H38Cl4F2N4O6S. The molecule has 2 amide bonds. The molecule has 4 rings (SSSR count). The molecule has 17 heteroatoms. The van der Waals surface area contributed by atoms with E-state index in [-0.39, 0.29) is 38.4 Å². The zero-order valence-electron chi connectivity index (χ0n) is 22.9. The van der Waals surface area contributed by atoms with Crippen LogP contribution in [0.15, 0.2) is 36.4 Å².